The zero-order valence-corrected chi connectivity index (χ0v) is 16.6. The third-order valence-corrected chi connectivity index (χ3v) is 7.06. The molecule has 1 saturated carbocycles. The Balaban J connectivity index is 1.34. The van der Waals surface area contributed by atoms with Gasteiger partial charge in [0.15, 0.2) is 0 Å². The van der Waals surface area contributed by atoms with Gasteiger partial charge >= 0.3 is 5.97 Å². The number of nitrogens with zero attached hydrogens (tertiary/aromatic N) is 1. The number of aliphatic carboxylic acids is 1. The van der Waals surface area contributed by atoms with E-state index >= 15 is 0 Å². The highest BCUT2D eigenvalue weighted by atomic mass is 32.1. The van der Waals surface area contributed by atoms with Crippen molar-refractivity contribution in [1.82, 2.24) is 4.98 Å². The van der Waals surface area contributed by atoms with Crippen LogP contribution in [0.1, 0.15) is 12.0 Å². The van der Waals surface area contributed by atoms with E-state index in [4.69, 9.17) is 4.98 Å². The topological polar surface area (TPSA) is 79.3 Å². The van der Waals surface area contributed by atoms with E-state index in [0.29, 0.717) is 5.69 Å². The Hall–Kier alpha value is -2.99. The van der Waals surface area contributed by atoms with Crippen molar-refractivity contribution in [2.24, 2.45) is 23.7 Å². The van der Waals surface area contributed by atoms with Crippen molar-refractivity contribution < 1.29 is 14.7 Å². The summed E-state index contributed by atoms with van der Waals surface area (Å²) >= 11 is 1.64. The maximum absolute atomic E-state index is 12.8. The van der Waals surface area contributed by atoms with Crippen molar-refractivity contribution in [2.45, 2.75) is 13.3 Å². The molecule has 0 radical (unpaired) electrons. The molecule has 5 nitrogen and oxygen atoms in total. The molecule has 0 aliphatic heterocycles. The Kier molecular flexibility index (Phi) is 4.24. The summed E-state index contributed by atoms with van der Waals surface area (Å²) in [7, 11) is 0. The molecule has 5 rings (SSSR count). The molecule has 4 atom stereocenters. The number of hydrogen-bond acceptors (Lipinski definition) is 4. The molecular formula is C23H20N2O3S. The highest BCUT2D eigenvalue weighted by Gasteiger charge is 2.51. The average molecular weight is 404 g/mol. The van der Waals surface area contributed by atoms with E-state index in [1.807, 2.05) is 42.5 Å². The second-order valence-electron chi connectivity index (χ2n) is 7.89. The number of amides is 1. The van der Waals surface area contributed by atoms with Crippen molar-refractivity contribution in [1.29, 1.82) is 0 Å². The Bertz CT molecular complexity index is 1150. The van der Waals surface area contributed by atoms with Gasteiger partial charge in [0, 0.05) is 11.3 Å². The molecule has 2 aliphatic carbocycles. The van der Waals surface area contributed by atoms with Crippen LogP contribution in [-0.2, 0) is 9.59 Å². The summed E-state index contributed by atoms with van der Waals surface area (Å²) in [5.74, 6) is -2.24. The van der Waals surface area contributed by atoms with E-state index in [9.17, 15) is 14.7 Å². The molecular weight excluding hydrogens is 384 g/mol. The summed E-state index contributed by atoms with van der Waals surface area (Å²) in [6, 6.07) is 13.8. The second-order valence-corrected chi connectivity index (χ2v) is 8.93. The molecule has 2 aromatic carbocycles. The minimum atomic E-state index is -0.886. The molecule has 1 fully saturated rings. The Morgan fingerprint density at radius 3 is 2.52 bits per heavy atom. The fourth-order valence-electron chi connectivity index (χ4n) is 4.59. The number of anilines is 1. The number of thiazole rings is 1. The van der Waals surface area contributed by atoms with Crippen LogP contribution >= 0.6 is 11.3 Å². The highest BCUT2D eigenvalue weighted by molar-refractivity contribution is 7.21. The van der Waals surface area contributed by atoms with Crippen LogP contribution in [0.15, 0.2) is 54.6 Å². The highest BCUT2D eigenvalue weighted by Crippen LogP contribution is 2.48. The number of allylic oxidation sites excluding steroid dienone is 2. The Morgan fingerprint density at radius 1 is 1.07 bits per heavy atom. The number of benzene rings is 2. The van der Waals surface area contributed by atoms with Crippen LogP contribution < -0.4 is 5.32 Å². The van der Waals surface area contributed by atoms with Gasteiger partial charge in [-0.15, -0.1) is 11.3 Å². The first-order valence-electron chi connectivity index (χ1n) is 9.69. The van der Waals surface area contributed by atoms with Crippen molar-refractivity contribution in [3.05, 3.63) is 60.2 Å². The first-order chi connectivity index (χ1) is 14.0. The van der Waals surface area contributed by atoms with Crippen LogP contribution in [0.5, 0.6) is 0 Å². The third-order valence-electron chi connectivity index (χ3n) is 5.99. The quantitative estimate of drug-likeness (QED) is 0.616. The number of aryl methyl sites for hydroxylation is 1. The zero-order valence-electron chi connectivity index (χ0n) is 15.8. The molecule has 2 aliphatic rings. The van der Waals surface area contributed by atoms with E-state index in [1.54, 1.807) is 11.3 Å². The van der Waals surface area contributed by atoms with Gasteiger partial charge in [0.25, 0.3) is 0 Å². The van der Waals surface area contributed by atoms with Crippen molar-refractivity contribution in [3.63, 3.8) is 0 Å². The number of nitrogens with one attached hydrogen (secondary N) is 1. The number of carboxylic acid groups (broad SMARTS) is 1. The van der Waals surface area contributed by atoms with Crippen molar-refractivity contribution >= 4 is 39.1 Å². The SMILES string of the molecule is Cc1ccc2nc(-c3ccc(NC(=O)[C@H]4[C@H](C(=O)O)[C@H]5C=C[C@H]4C5)cc3)sc2c1. The monoisotopic (exact) mass is 404 g/mol. The molecule has 1 amide bonds. The number of hydrogen-bond donors (Lipinski definition) is 2. The van der Waals surface area contributed by atoms with Gasteiger partial charge in [0.1, 0.15) is 5.01 Å². The van der Waals surface area contributed by atoms with Gasteiger partial charge in [-0.2, -0.15) is 0 Å². The number of fused-ring (bicyclic) bond motifs is 3. The molecule has 2 bridgehead atoms. The molecule has 0 unspecified atom stereocenters. The normalized spacial score (nSPS) is 24.9. The lowest BCUT2D eigenvalue weighted by Gasteiger charge is -2.23. The number of aromatic nitrogens is 1. The number of rotatable bonds is 4. The third kappa shape index (κ3) is 3.13. The summed E-state index contributed by atoms with van der Waals surface area (Å²) in [5.41, 5.74) is 3.86. The Labute approximate surface area is 172 Å². The molecule has 6 heteroatoms. The summed E-state index contributed by atoms with van der Waals surface area (Å²) in [4.78, 5) is 29.1. The summed E-state index contributed by atoms with van der Waals surface area (Å²) < 4.78 is 1.15. The molecule has 3 aromatic rings. The predicted octanol–water partition coefficient (Wildman–Crippen LogP) is 4.73. The zero-order chi connectivity index (χ0) is 20.1. The maximum Gasteiger partial charge on any atom is 0.307 e. The smallest absolute Gasteiger partial charge is 0.307 e. The van der Waals surface area contributed by atoms with Crippen LogP contribution in [0.4, 0.5) is 5.69 Å². The fourth-order valence-corrected chi connectivity index (χ4v) is 5.66. The largest absolute Gasteiger partial charge is 0.481 e. The van der Waals surface area contributed by atoms with Gasteiger partial charge in [0.2, 0.25) is 5.91 Å². The first kappa shape index (κ1) is 18.1. The van der Waals surface area contributed by atoms with Crippen LogP contribution in [0, 0.1) is 30.6 Å². The van der Waals surface area contributed by atoms with Crippen LogP contribution in [0.3, 0.4) is 0 Å². The Morgan fingerprint density at radius 2 is 1.79 bits per heavy atom. The molecule has 0 saturated heterocycles. The van der Waals surface area contributed by atoms with E-state index < -0.39 is 17.8 Å². The van der Waals surface area contributed by atoms with Crippen molar-refractivity contribution in [2.75, 3.05) is 5.32 Å². The van der Waals surface area contributed by atoms with Gasteiger partial charge in [-0.3, -0.25) is 9.59 Å². The van der Waals surface area contributed by atoms with Crippen molar-refractivity contribution in [3.8, 4) is 10.6 Å². The summed E-state index contributed by atoms with van der Waals surface area (Å²) in [6.45, 7) is 2.07. The second kappa shape index (κ2) is 6.81. The van der Waals surface area contributed by atoms with E-state index in [0.717, 1.165) is 27.2 Å². The molecule has 1 aromatic heterocycles. The van der Waals surface area contributed by atoms with Crippen LogP contribution in [0.2, 0.25) is 0 Å². The standard InChI is InChI=1S/C23H20N2O3S/c1-12-2-9-17-18(10-12)29-22(25-17)13-5-7-16(8-6-13)24-21(26)19-14-3-4-15(11-14)20(19)23(27)28/h2-10,14-15,19-20H,11H2,1H3,(H,24,26)(H,27,28)/t14-,15-,19+,20+/m0/s1. The minimum Gasteiger partial charge on any atom is -0.481 e. The fraction of sp³-hybridized carbons (Fsp3) is 0.261. The van der Waals surface area contributed by atoms with Crippen LogP contribution in [0.25, 0.3) is 20.8 Å². The first-order valence-corrected chi connectivity index (χ1v) is 10.5. The van der Waals surface area contributed by atoms with E-state index in [-0.39, 0.29) is 17.7 Å². The number of carboxylic acids is 1. The molecule has 0 spiro atoms. The number of carbonyl (C=O) groups is 2. The van der Waals surface area contributed by atoms with Gasteiger partial charge < -0.3 is 10.4 Å². The average Bonchev–Trinajstić information content (AvgIpc) is 3.42. The summed E-state index contributed by atoms with van der Waals surface area (Å²) in [5, 5.41) is 13.4. The minimum absolute atomic E-state index is 0.0200. The lowest BCUT2D eigenvalue weighted by atomic mass is 9.82. The van der Waals surface area contributed by atoms with Crippen LogP contribution in [-0.4, -0.2) is 22.0 Å². The van der Waals surface area contributed by atoms with Gasteiger partial charge in [-0.25, -0.2) is 4.98 Å². The summed E-state index contributed by atoms with van der Waals surface area (Å²) in [6.07, 6.45) is 4.69. The van der Waals surface area contributed by atoms with Gasteiger partial charge in [0.05, 0.1) is 22.1 Å². The lowest BCUT2D eigenvalue weighted by Crippen LogP contribution is -2.36. The lowest BCUT2D eigenvalue weighted by molar-refractivity contribution is -0.146. The van der Waals surface area contributed by atoms with E-state index in [1.165, 1.54) is 5.56 Å². The van der Waals surface area contributed by atoms with Gasteiger partial charge in [-0.1, -0.05) is 18.2 Å². The molecule has 1 heterocycles. The predicted molar refractivity (Wildman–Crippen MR) is 114 cm³/mol. The molecule has 29 heavy (non-hydrogen) atoms. The maximum atomic E-state index is 12.8. The van der Waals surface area contributed by atoms with Gasteiger partial charge in [-0.05, 0) is 67.1 Å². The molecule has 146 valence electrons. The van der Waals surface area contributed by atoms with E-state index in [2.05, 4.69) is 24.4 Å². The molecule has 2 N–H and O–H groups in total. The number of carbonyl (C=O) groups excluding carboxylic acids is 1.